The smallest absolute Gasteiger partial charge is 0.287 e. The Labute approximate surface area is 105 Å². The summed E-state index contributed by atoms with van der Waals surface area (Å²) < 4.78 is 0. The molecule has 0 saturated carbocycles. The highest BCUT2D eigenvalue weighted by atomic mass is 16.3. The van der Waals surface area contributed by atoms with Gasteiger partial charge in [-0.25, -0.2) is 5.01 Å². The van der Waals surface area contributed by atoms with Crippen molar-refractivity contribution in [1.29, 1.82) is 0 Å². The van der Waals surface area contributed by atoms with E-state index in [9.17, 15) is 14.7 Å². The molecular weight excluding hydrogens is 232 g/mol. The molecule has 1 aliphatic heterocycles. The van der Waals surface area contributed by atoms with Crippen LogP contribution in [-0.2, 0) is 9.59 Å². The molecule has 5 heteroatoms. The minimum Gasteiger partial charge on any atom is -0.372 e. The van der Waals surface area contributed by atoms with Crippen LogP contribution < -0.4 is 10.4 Å². The van der Waals surface area contributed by atoms with Crippen LogP contribution in [0, 0.1) is 0 Å². The van der Waals surface area contributed by atoms with Crippen molar-refractivity contribution in [2.45, 2.75) is 31.8 Å². The van der Waals surface area contributed by atoms with Crippen LogP contribution in [0.4, 0.5) is 5.69 Å². The van der Waals surface area contributed by atoms with E-state index in [1.165, 1.54) is 0 Å². The first-order chi connectivity index (χ1) is 8.59. The van der Waals surface area contributed by atoms with E-state index in [0.717, 1.165) is 11.4 Å². The van der Waals surface area contributed by atoms with Gasteiger partial charge >= 0.3 is 0 Å². The normalized spacial score (nSPS) is 23.3. The molecule has 1 heterocycles. The molecule has 0 spiro atoms. The van der Waals surface area contributed by atoms with Crippen LogP contribution in [0.15, 0.2) is 30.3 Å². The van der Waals surface area contributed by atoms with Gasteiger partial charge in [0.2, 0.25) is 5.60 Å². The maximum absolute atomic E-state index is 12.1. The molecule has 1 aromatic carbocycles. The van der Waals surface area contributed by atoms with Crippen LogP contribution in [-0.4, -0.2) is 22.5 Å². The molecule has 1 atom stereocenters. The average molecular weight is 248 g/mol. The van der Waals surface area contributed by atoms with Crippen molar-refractivity contribution < 1.29 is 14.7 Å². The summed E-state index contributed by atoms with van der Waals surface area (Å²) in [5.41, 5.74) is 1.03. The first kappa shape index (κ1) is 12.6. The Balaban J connectivity index is 2.24. The molecule has 0 bridgehead atoms. The van der Waals surface area contributed by atoms with Gasteiger partial charge in [0.1, 0.15) is 0 Å². The van der Waals surface area contributed by atoms with Crippen LogP contribution in [0.25, 0.3) is 0 Å². The van der Waals surface area contributed by atoms with E-state index in [1.807, 2.05) is 13.0 Å². The Hall–Kier alpha value is -1.88. The van der Waals surface area contributed by atoms with Crippen molar-refractivity contribution in [3.8, 4) is 0 Å². The number of hydrazine groups is 1. The van der Waals surface area contributed by atoms with Crippen LogP contribution >= 0.6 is 0 Å². The van der Waals surface area contributed by atoms with Gasteiger partial charge in [0.15, 0.2) is 0 Å². The van der Waals surface area contributed by atoms with Gasteiger partial charge in [-0.3, -0.25) is 15.0 Å². The van der Waals surface area contributed by atoms with Crippen LogP contribution in [0.3, 0.4) is 0 Å². The number of para-hydroxylation sites is 1. The Morgan fingerprint density at radius 1 is 1.28 bits per heavy atom. The third-order valence-corrected chi connectivity index (χ3v) is 3.05. The molecule has 1 unspecified atom stereocenters. The molecule has 18 heavy (non-hydrogen) atoms. The Kier molecular flexibility index (Phi) is 3.34. The van der Waals surface area contributed by atoms with E-state index in [2.05, 4.69) is 5.43 Å². The molecular formula is C13H16N2O3. The fourth-order valence-electron chi connectivity index (χ4n) is 1.94. The number of aliphatic hydroxyl groups is 1. The Morgan fingerprint density at radius 3 is 2.56 bits per heavy atom. The van der Waals surface area contributed by atoms with Crippen LogP contribution in [0.2, 0.25) is 0 Å². The van der Waals surface area contributed by atoms with Crippen LogP contribution in [0.5, 0.6) is 0 Å². The van der Waals surface area contributed by atoms with E-state index >= 15 is 0 Å². The second-order valence-electron chi connectivity index (χ2n) is 4.38. The number of amides is 2. The lowest BCUT2D eigenvalue weighted by Gasteiger charge is -2.18. The average Bonchev–Trinajstić information content (AvgIpc) is 2.62. The number of benzene rings is 1. The lowest BCUT2D eigenvalue weighted by molar-refractivity contribution is -0.145. The summed E-state index contributed by atoms with van der Waals surface area (Å²) in [5, 5.41) is 11.3. The zero-order valence-electron chi connectivity index (χ0n) is 10.2. The van der Waals surface area contributed by atoms with Gasteiger partial charge in [0.25, 0.3) is 11.8 Å². The van der Waals surface area contributed by atoms with Crippen molar-refractivity contribution in [2.75, 3.05) is 5.01 Å². The molecule has 96 valence electrons. The van der Waals surface area contributed by atoms with E-state index in [0.29, 0.717) is 12.1 Å². The monoisotopic (exact) mass is 248 g/mol. The summed E-state index contributed by atoms with van der Waals surface area (Å²) in [7, 11) is 0. The molecule has 0 radical (unpaired) electrons. The predicted molar refractivity (Wildman–Crippen MR) is 66.5 cm³/mol. The fraction of sp³-hybridized carbons (Fsp3) is 0.385. The molecule has 2 amide bonds. The van der Waals surface area contributed by atoms with Gasteiger partial charge in [-0.05, 0) is 25.0 Å². The van der Waals surface area contributed by atoms with Gasteiger partial charge in [-0.2, -0.15) is 0 Å². The summed E-state index contributed by atoms with van der Waals surface area (Å²) in [5.74, 6) is -1.25. The second kappa shape index (κ2) is 4.78. The SMILES string of the molecule is CCCCC1(O)C(=O)NN(c2ccccc2)C1=O. The Morgan fingerprint density at radius 2 is 1.94 bits per heavy atom. The number of carbonyl (C=O) groups is 2. The number of unbranched alkanes of at least 4 members (excludes halogenated alkanes) is 1. The lowest BCUT2D eigenvalue weighted by atomic mass is 9.96. The number of hydrogen-bond acceptors (Lipinski definition) is 3. The summed E-state index contributed by atoms with van der Waals surface area (Å²) >= 11 is 0. The van der Waals surface area contributed by atoms with Crippen molar-refractivity contribution in [1.82, 2.24) is 5.43 Å². The summed E-state index contributed by atoms with van der Waals surface area (Å²) in [6.07, 6.45) is 1.59. The molecule has 1 aromatic rings. The number of nitrogens with one attached hydrogen (secondary N) is 1. The minimum absolute atomic E-state index is 0.150. The van der Waals surface area contributed by atoms with E-state index in [-0.39, 0.29) is 6.42 Å². The van der Waals surface area contributed by atoms with Gasteiger partial charge in [0.05, 0.1) is 5.69 Å². The van der Waals surface area contributed by atoms with Gasteiger partial charge in [-0.15, -0.1) is 0 Å². The van der Waals surface area contributed by atoms with E-state index < -0.39 is 17.4 Å². The minimum atomic E-state index is -1.92. The van der Waals surface area contributed by atoms with Crippen molar-refractivity contribution in [2.24, 2.45) is 0 Å². The molecule has 0 aromatic heterocycles. The summed E-state index contributed by atoms with van der Waals surface area (Å²) in [6.45, 7) is 1.94. The van der Waals surface area contributed by atoms with Crippen molar-refractivity contribution in [3.63, 3.8) is 0 Å². The van der Waals surface area contributed by atoms with Gasteiger partial charge in [0, 0.05) is 0 Å². The third kappa shape index (κ3) is 1.97. The molecule has 2 N–H and O–H groups in total. The summed E-state index contributed by atoms with van der Waals surface area (Å²) in [4.78, 5) is 23.9. The molecule has 1 fully saturated rings. The topological polar surface area (TPSA) is 69.6 Å². The molecule has 0 aliphatic carbocycles. The highest BCUT2D eigenvalue weighted by Gasteiger charge is 2.53. The van der Waals surface area contributed by atoms with Gasteiger partial charge in [-0.1, -0.05) is 31.5 Å². The highest BCUT2D eigenvalue weighted by molar-refractivity contribution is 6.20. The molecule has 2 rings (SSSR count). The summed E-state index contributed by atoms with van der Waals surface area (Å²) in [6, 6.07) is 8.74. The molecule has 1 saturated heterocycles. The maximum Gasteiger partial charge on any atom is 0.287 e. The largest absolute Gasteiger partial charge is 0.372 e. The van der Waals surface area contributed by atoms with Gasteiger partial charge < -0.3 is 5.11 Å². The quantitative estimate of drug-likeness (QED) is 0.780. The Bertz CT molecular complexity index is 461. The van der Waals surface area contributed by atoms with Crippen molar-refractivity contribution >= 4 is 17.5 Å². The standard InChI is InChI=1S/C13H16N2O3/c1-2-3-9-13(18)11(16)14-15(12(13)17)10-7-5-4-6-8-10/h4-8,18H,2-3,9H2,1H3,(H,14,16). The molecule has 1 aliphatic rings. The third-order valence-electron chi connectivity index (χ3n) is 3.05. The molecule has 5 nitrogen and oxygen atoms in total. The number of carbonyl (C=O) groups excluding carboxylic acids is 2. The van der Waals surface area contributed by atoms with E-state index in [1.54, 1.807) is 24.3 Å². The fourth-order valence-corrected chi connectivity index (χ4v) is 1.94. The predicted octanol–water partition coefficient (Wildman–Crippen LogP) is 0.986. The highest BCUT2D eigenvalue weighted by Crippen LogP contribution is 2.26. The number of rotatable bonds is 4. The number of anilines is 1. The second-order valence-corrected chi connectivity index (χ2v) is 4.38. The van der Waals surface area contributed by atoms with E-state index in [4.69, 9.17) is 0 Å². The zero-order valence-corrected chi connectivity index (χ0v) is 10.2. The number of nitrogens with zero attached hydrogens (tertiary/aromatic N) is 1. The maximum atomic E-state index is 12.1. The zero-order chi connectivity index (χ0) is 13.2. The van der Waals surface area contributed by atoms with Crippen molar-refractivity contribution in [3.05, 3.63) is 30.3 Å². The first-order valence-electron chi connectivity index (χ1n) is 6.02. The first-order valence-corrected chi connectivity index (χ1v) is 6.02. The number of hydrogen-bond donors (Lipinski definition) is 2. The lowest BCUT2D eigenvalue weighted by Crippen LogP contribution is -2.43. The van der Waals surface area contributed by atoms with Crippen LogP contribution in [0.1, 0.15) is 26.2 Å².